The third-order valence-corrected chi connectivity index (χ3v) is 6.97. The molecule has 0 spiro atoms. The number of ether oxygens (including phenoxy) is 1. The van der Waals surface area contributed by atoms with Crippen molar-refractivity contribution in [1.29, 1.82) is 0 Å². The third kappa shape index (κ3) is 5.13. The van der Waals surface area contributed by atoms with E-state index < -0.39 is 34.2 Å². The number of anilines is 3. The predicted molar refractivity (Wildman–Crippen MR) is 141 cm³/mol. The Morgan fingerprint density at radius 3 is 2.45 bits per heavy atom. The van der Waals surface area contributed by atoms with Gasteiger partial charge in [-0.25, -0.2) is 17.2 Å². The second kappa shape index (κ2) is 10.7. The number of hydrogen-bond acceptors (Lipinski definition) is 7. The molecule has 0 aliphatic rings. The Hall–Kier alpha value is -4.16. The zero-order valence-electron chi connectivity index (χ0n) is 20.7. The van der Waals surface area contributed by atoms with Crippen LogP contribution in [0.1, 0.15) is 10.4 Å². The summed E-state index contributed by atoms with van der Waals surface area (Å²) < 4.78 is 64.8. The Labute approximate surface area is 217 Å². The number of hydrogen-bond donors (Lipinski definition) is 3. The van der Waals surface area contributed by atoms with Crippen LogP contribution in [-0.2, 0) is 10.0 Å². The molecule has 1 amide bonds. The zero-order valence-corrected chi connectivity index (χ0v) is 21.5. The van der Waals surface area contributed by atoms with Gasteiger partial charge in [0.25, 0.3) is 5.91 Å². The van der Waals surface area contributed by atoms with Gasteiger partial charge in [0.05, 0.1) is 43.5 Å². The van der Waals surface area contributed by atoms with Gasteiger partial charge >= 0.3 is 0 Å². The summed E-state index contributed by atoms with van der Waals surface area (Å²) in [4.78, 5) is 12.9. The van der Waals surface area contributed by atoms with Crippen LogP contribution in [0, 0.1) is 11.6 Å². The summed E-state index contributed by atoms with van der Waals surface area (Å²) in [6.45, 7) is -0.641. The molecule has 0 unspecified atom stereocenters. The number of nitrogens with one attached hydrogen (secondary N) is 2. The van der Waals surface area contributed by atoms with Gasteiger partial charge in [-0.3, -0.25) is 9.10 Å². The monoisotopic (exact) mass is 545 g/mol. The van der Waals surface area contributed by atoms with Crippen LogP contribution in [0.5, 0.6) is 5.75 Å². The van der Waals surface area contributed by atoms with Crippen LogP contribution >= 0.6 is 0 Å². The zero-order chi connectivity index (χ0) is 27.6. The van der Waals surface area contributed by atoms with Crippen molar-refractivity contribution in [1.82, 2.24) is 5.32 Å². The normalized spacial score (nSPS) is 11.4. The molecule has 0 atom stereocenters. The minimum atomic E-state index is -3.78. The van der Waals surface area contributed by atoms with E-state index in [1.165, 1.54) is 38.4 Å². The molecule has 0 aliphatic heterocycles. The summed E-state index contributed by atoms with van der Waals surface area (Å²) in [6, 6.07) is 13.2. The van der Waals surface area contributed by atoms with Crippen LogP contribution in [0.3, 0.4) is 0 Å². The average Bonchev–Trinajstić information content (AvgIpc) is 3.26. The molecule has 1 aromatic heterocycles. The molecular weight excluding hydrogens is 520 g/mol. The van der Waals surface area contributed by atoms with Gasteiger partial charge in [0.1, 0.15) is 17.1 Å². The second-order valence-electron chi connectivity index (χ2n) is 8.27. The van der Waals surface area contributed by atoms with Crippen LogP contribution in [0.4, 0.5) is 25.8 Å². The van der Waals surface area contributed by atoms with Crippen LogP contribution in [-0.4, -0.2) is 53.0 Å². The number of halogens is 2. The Balaban J connectivity index is 1.82. The molecule has 9 nitrogen and oxygen atoms in total. The van der Waals surface area contributed by atoms with E-state index >= 15 is 0 Å². The van der Waals surface area contributed by atoms with E-state index in [4.69, 9.17) is 9.15 Å². The maximum Gasteiger partial charge on any atom is 0.255 e. The molecule has 0 aliphatic carbocycles. The number of rotatable bonds is 9. The first-order valence-corrected chi connectivity index (χ1v) is 13.2. The number of aliphatic hydroxyl groups excluding tert-OH is 1. The van der Waals surface area contributed by atoms with E-state index in [9.17, 15) is 27.1 Å². The van der Waals surface area contributed by atoms with Gasteiger partial charge in [-0.15, -0.1) is 0 Å². The SMILES string of the molecule is CNC(=O)c1c(-c2ccc(Nc3cccc(F)c3F)cc2)oc2cc(N(CCO)S(C)(=O)=O)c(OC)cc12. The van der Waals surface area contributed by atoms with Crippen molar-refractivity contribution in [2.45, 2.75) is 0 Å². The number of carbonyl (C=O) groups excluding carboxylic acids is 1. The fraction of sp³-hybridized carbons (Fsp3) is 0.192. The molecule has 3 N–H and O–H groups in total. The molecule has 0 fully saturated rings. The highest BCUT2D eigenvalue weighted by Gasteiger charge is 2.27. The van der Waals surface area contributed by atoms with Crippen molar-refractivity contribution in [3.05, 3.63) is 71.8 Å². The first kappa shape index (κ1) is 26.9. The maximum absolute atomic E-state index is 14.0. The van der Waals surface area contributed by atoms with Gasteiger partial charge in [0, 0.05) is 29.8 Å². The van der Waals surface area contributed by atoms with Gasteiger partial charge in [0.2, 0.25) is 10.0 Å². The van der Waals surface area contributed by atoms with E-state index in [-0.39, 0.29) is 40.6 Å². The summed E-state index contributed by atoms with van der Waals surface area (Å²) in [5.74, 6) is -2.08. The highest BCUT2D eigenvalue weighted by Crippen LogP contribution is 2.41. The molecule has 200 valence electrons. The number of aliphatic hydroxyl groups is 1. The Morgan fingerprint density at radius 2 is 1.84 bits per heavy atom. The summed E-state index contributed by atoms with van der Waals surface area (Å²) in [5.41, 5.74) is 1.47. The lowest BCUT2D eigenvalue weighted by Crippen LogP contribution is -2.32. The fourth-order valence-electron chi connectivity index (χ4n) is 4.04. The lowest BCUT2D eigenvalue weighted by atomic mass is 10.0. The number of amides is 1. The minimum Gasteiger partial charge on any atom is -0.495 e. The Morgan fingerprint density at radius 1 is 1.13 bits per heavy atom. The highest BCUT2D eigenvalue weighted by molar-refractivity contribution is 7.92. The Kier molecular flexibility index (Phi) is 7.56. The molecule has 3 aromatic carbocycles. The van der Waals surface area contributed by atoms with Crippen molar-refractivity contribution in [3.8, 4) is 17.1 Å². The van der Waals surface area contributed by atoms with Gasteiger partial charge in [-0.2, -0.15) is 0 Å². The first-order valence-electron chi connectivity index (χ1n) is 11.4. The lowest BCUT2D eigenvalue weighted by Gasteiger charge is -2.23. The van der Waals surface area contributed by atoms with Gasteiger partial charge in [-0.1, -0.05) is 6.07 Å². The van der Waals surface area contributed by atoms with E-state index in [1.54, 1.807) is 24.3 Å². The van der Waals surface area contributed by atoms with E-state index in [0.29, 0.717) is 16.6 Å². The van der Waals surface area contributed by atoms with Crippen molar-refractivity contribution in [2.75, 3.05) is 43.2 Å². The highest BCUT2D eigenvalue weighted by atomic mass is 32.2. The quantitative estimate of drug-likeness (QED) is 0.288. The molecule has 1 heterocycles. The van der Waals surface area contributed by atoms with Crippen molar-refractivity contribution >= 4 is 44.0 Å². The molecule has 12 heteroatoms. The average molecular weight is 546 g/mol. The molecule has 0 radical (unpaired) electrons. The summed E-state index contributed by atoms with van der Waals surface area (Å²) in [7, 11) is -0.958. The van der Waals surface area contributed by atoms with E-state index in [1.807, 2.05) is 0 Å². The van der Waals surface area contributed by atoms with Crippen LogP contribution in [0.2, 0.25) is 0 Å². The molecule has 4 aromatic rings. The smallest absolute Gasteiger partial charge is 0.255 e. The van der Waals surface area contributed by atoms with Gasteiger partial charge in [-0.05, 0) is 42.5 Å². The van der Waals surface area contributed by atoms with E-state index in [2.05, 4.69) is 10.6 Å². The van der Waals surface area contributed by atoms with Crippen LogP contribution < -0.4 is 19.7 Å². The van der Waals surface area contributed by atoms with Crippen molar-refractivity contribution in [3.63, 3.8) is 0 Å². The summed E-state index contributed by atoms with van der Waals surface area (Å²) in [5, 5.41) is 15.2. The molecule has 0 bridgehead atoms. The molecule has 4 rings (SSSR count). The maximum atomic E-state index is 14.0. The van der Waals surface area contributed by atoms with Crippen molar-refractivity contribution < 1.29 is 36.3 Å². The number of nitrogens with zero attached hydrogens (tertiary/aromatic N) is 1. The minimum absolute atomic E-state index is 0.0366. The summed E-state index contributed by atoms with van der Waals surface area (Å²) in [6.07, 6.45) is 1.00. The number of benzene rings is 3. The van der Waals surface area contributed by atoms with Gasteiger partial charge < -0.3 is 24.9 Å². The lowest BCUT2D eigenvalue weighted by molar-refractivity contribution is 0.0964. The molecule has 0 saturated carbocycles. The van der Waals surface area contributed by atoms with E-state index in [0.717, 1.165) is 16.6 Å². The van der Waals surface area contributed by atoms with Crippen molar-refractivity contribution in [2.24, 2.45) is 0 Å². The number of furan rings is 1. The fourth-order valence-corrected chi connectivity index (χ4v) is 4.95. The third-order valence-electron chi connectivity index (χ3n) is 5.79. The standard InChI is InChI=1S/C26H25F2N3O6S/c1-29-26(33)23-17-13-22(36-2)20(31(11-12-32)38(3,34)35)14-21(17)37-25(23)15-7-9-16(10-8-15)30-19-6-4-5-18(27)24(19)28/h4-10,13-14,30,32H,11-12H2,1-3H3,(H,29,33). The molecular formula is C26H25F2N3O6S. The van der Waals surface area contributed by atoms with Crippen LogP contribution in [0.15, 0.2) is 59.0 Å². The topological polar surface area (TPSA) is 121 Å². The van der Waals surface area contributed by atoms with Crippen LogP contribution in [0.25, 0.3) is 22.3 Å². The summed E-state index contributed by atoms with van der Waals surface area (Å²) >= 11 is 0. The first-order chi connectivity index (χ1) is 18.1. The largest absolute Gasteiger partial charge is 0.495 e. The number of sulfonamides is 1. The van der Waals surface area contributed by atoms with Gasteiger partial charge in [0.15, 0.2) is 11.6 Å². The second-order valence-corrected chi connectivity index (χ2v) is 10.2. The number of methoxy groups -OCH3 is 1. The number of carbonyl (C=O) groups is 1. The molecule has 38 heavy (non-hydrogen) atoms. The predicted octanol–water partition coefficient (Wildman–Crippen LogP) is 4.25. The Bertz CT molecular complexity index is 1600. The number of fused-ring (bicyclic) bond motifs is 1. The molecule has 0 saturated heterocycles.